The van der Waals surface area contributed by atoms with Gasteiger partial charge in [-0.05, 0) is 13.3 Å². The van der Waals surface area contributed by atoms with Crippen LogP contribution < -0.4 is 5.32 Å². The average molecular weight is 367 g/mol. The van der Waals surface area contributed by atoms with Crippen LogP contribution in [-0.2, 0) is 13.0 Å². The molecule has 1 aromatic carbocycles. The average Bonchev–Trinajstić information content (AvgIpc) is 3.35. The summed E-state index contributed by atoms with van der Waals surface area (Å²) in [6.45, 7) is 4.29. The molecule has 3 heterocycles. The van der Waals surface area contributed by atoms with Crippen molar-refractivity contribution in [2.24, 2.45) is 0 Å². The quantitative estimate of drug-likeness (QED) is 0.585. The minimum atomic E-state index is -0.294. The van der Waals surface area contributed by atoms with Crippen LogP contribution in [0.2, 0.25) is 0 Å². The Hall–Kier alpha value is -3.00. The van der Waals surface area contributed by atoms with Crippen LogP contribution in [-0.4, -0.2) is 25.5 Å². The number of carbonyl (C=O) groups excluding carboxylic acids is 1. The number of nitrogens with one attached hydrogen (secondary N) is 1. The fourth-order valence-corrected chi connectivity index (χ4v) is 3.62. The van der Waals surface area contributed by atoms with Crippen molar-refractivity contribution >= 4 is 22.2 Å². The van der Waals surface area contributed by atoms with E-state index in [-0.39, 0.29) is 11.6 Å². The molecule has 132 valence electrons. The zero-order valence-electron chi connectivity index (χ0n) is 14.4. The Morgan fingerprint density at radius 2 is 2.12 bits per heavy atom. The summed E-state index contributed by atoms with van der Waals surface area (Å²) in [6.07, 6.45) is 2.14. The lowest BCUT2D eigenvalue weighted by Crippen LogP contribution is -2.25. The second-order valence-corrected chi connectivity index (χ2v) is 6.81. The molecule has 0 unspecified atom stereocenters. The lowest BCUT2D eigenvalue weighted by atomic mass is 10.1. The molecule has 0 spiro atoms. The maximum atomic E-state index is 12.6. The van der Waals surface area contributed by atoms with Crippen LogP contribution >= 0.6 is 11.3 Å². The molecular formula is C18H17N5O2S. The predicted octanol–water partition coefficient (Wildman–Crippen LogP) is 3.25. The molecule has 4 rings (SSSR count). The molecule has 0 radical (unpaired) electrons. The first-order chi connectivity index (χ1) is 12.7. The maximum Gasteiger partial charge on any atom is 0.274 e. The molecule has 0 atom stereocenters. The van der Waals surface area contributed by atoms with Gasteiger partial charge in [0.15, 0.2) is 17.8 Å². The summed E-state index contributed by atoms with van der Waals surface area (Å²) in [5.41, 5.74) is 2.80. The second kappa shape index (κ2) is 6.72. The summed E-state index contributed by atoms with van der Waals surface area (Å²) in [5.74, 6) is 0.165. The van der Waals surface area contributed by atoms with Gasteiger partial charge < -0.3 is 9.73 Å². The summed E-state index contributed by atoms with van der Waals surface area (Å²) < 4.78 is 7.23. The normalized spacial score (nSPS) is 11.2. The Kier molecular flexibility index (Phi) is 4.26. The van der Waals surface area contributed by atoms with Crippen molar-refractivity contribution in [1.29, 1.82) is 0 Å². The fourth-order valence-electron chi connectivity index (χ4n) is 2.73. The second-order valence-electron chi connectivity index (χ2n) is 5.77. The summed E-state index contributed by atoms with van der Waals surface area (Å²) in [7, 11) is 0. The molecule has 0 aliphatic carbocycles. The first kappa shape index (κ1) is 16.5. The van der Waals surface area contributed by atoms with Gasteiger partial charge in [0.25, 0.3) is 5.91 Å². The number of imidazole rings is 1. The zero-order valence-corrected chi connectivity index (χ0v) is 15.2. The summed E-state index contributed by atoms with van der Waals surface area (Å²) in [6, 6.07) is 9.44. The van der Waals surface area contributed by atoms with Gasteiger partial charge in [-0.1, -0.05) is 48.6 Å². The topological polar surface area (TPSA) is 85.3 Å². The molecule has 8 heteroatoms. The van der Waals surface area contributed by atoms with E-state index >= 15 is 0 Å². The molecule has 0 saturated heterocycles. The number of hydrogen-bond acceptors (Lipinski definition) is 6. The lowest BCUT2D eigenvalue weighted by molar-refractivity contribution is 0.0946. The highest BCUT2D eigenvalue weighted by molar-refractivity contribution is 7.16. The monoisotopic (exact) mass is 367 g/mol. The molecule has 3 aromatic heterocycles. The number of carbonyl (C=O) groups is 1. The van der Waals surface area contributed by atoms with Crippen molar-refractivity contribution in [1.82, 2.24) is 24.9 Å². The molecule has 4 aromatic rings. The van der Waals surface area contributed by atoms with E-state index in [9.17, 15) is 4.79 Å². The van der Waals surface area contributed by atoms with Crippen molar-refractivity contribution in [3.63, 3.8) is 0 Å². The molecule has 7 nitrogen and oxygen atoms in total. The van der Waals surface area contributed by atoms with E-state index in [1.807, 2.05) is 37.3 Å². The number of nitrogens with zero attached hydrogens (tertiary/aromatic N) is 4. The molecule has 0 aliphatic rings. The van der Waals surface area contributed by atoms with Crippen molar-refractivity contribution in [3.8, 4) is 11.3 Å². The molecule has 0 aliphatic heterocycles. The van der Waals surface area contributed by atoms with Gasteiger partial charge in [-0.15, -0.1) is 0 Å². The third-order valence-electron chi connectivity index (χ3n) is 4.08. The van der Waals surface area contributed by atoms with E-state index in [2.05, 4.69) is 27.3 Å². The molecule has 0 bridgehead atoms. The van der Waals surface area contributed by atoms with Gasteiger partial charge in [0.05, 0.1) is 17.9 Å². The number of rotatable bonds is 5. The van der Waals surface area contributed by atoms with E-state index in [1.165, 1.54) is 6.39 Å². The number of fused-ring (bicyclic) bond motifs is 1. The number of amides is 1. The molecular weight excluding hydrogens is 350 g/mol. The van der Waals surface area contributed by atoms with E-state index in [4.69, 9.17) is 4.42 Å². The van der Waals surface area contributed by atoms with Gasteiger partial charge in [-0.25, -0.2) is 14.5 Å². The van der Waals surface area contributed by atoms with Gasteiger partial charge in [0, 0.05) is 5.56 Å². The van der Waals surface area contributed by atoms with Crippen LogP contribution in [0.3, 0.4) is 0 Å². The van der Waals surface area contributed by atoms with Gasteiger partial charge in [0.1, 0.15) is 5.01 Å². The summed E-state index contributed by atoms with van der Waals surface area (Å²) >= 11 is 1.56. The Morgan fingerprint density at radius 3 is 2.88 bits per heavy atom. The molecule has 1 amide bonds. The fraction of sp³-hybridized carbons (Fsp3) is 0.222. The van der Waals surface area contributed by atoms with Crippen molar-refractivity contribution in [2.45, 2.75) is 26.8 Å². The summed E-state index contributed by atoms with van der Waals surface area (Å²) in [4.78, 5) is 22.1. The largest absolute Gasteiger partial charge is 0.443 e. The first-order valence-corrected chi connectivity index (χ1v) is 9.10. The number of benzene rings is 1. The van der Waals surface area contributed by atoms with Gasteiger partial charge in [0.2, 0.25) is 4.96 Å². The van der Waals surface area contributed by atoms with E-state index in [1.54, 1.807) is 15.9 Å². The maximum absolute atomic E-state index is 12.6. The highest BCUT2D eigenvalue weighted by Crippen LogP contribution is 2.23. The molecule has 26 heavy (non-hydrogen) atoms. The van der Waals surface area contributed by atoms with Gasteiger partial charge in [-0.2, -0.15) is 5.10 Å². The van der Waals surface area contributed by atoms with E-state index < -0.39 is 0 Å². The highest BCUT2D eigenvalue weighted by Gasteiger charge is 2.20. The highest BCUT2D eigenvalue weighted by atomic mass is 32.1. The minimum Gasteiger partial charge on any atom is -0.443 e. The number of aryl methyl sites for hydroxylation is 2. The zero-order chi connectivity index (χ0) is 18.1. The van der Waals surface area contributed by atoms with Crippen molar-refractivity contribution in [2.75, 3.05) is 0 Å². The van der Waals surface area contributed by atoms with Crippen molar-refractivity contribution in [3.05, 3.63) is 58.8 Å². The van der Waals surface area contributed by atoms with Crippen LogP contribution in [0.15, 0.2) is 41.1 Å². The van der Waals surface area contributed by atoms with Crippen LogP contribution in [0, 0.1) is 6.92 Å². The molecule has 1 N–H and O–H groups in total. The third-order valence-corrected chi connectivity index (χ3v) is 5.13. The molecule has 0 saturated carbocycles. The first-order valence-electron chi connectivity index (χ1n) is 8.28. The SMILES string of the molecule is CCc1nn2c(CNC(=O)c3ncoc3-c3ccccc3)c(C)nc2s1. The minimum absolute atomic E-state index is 0.266. The Labute approximate surface area is 153 Å². The van der Waals surface area contributed by atoms with Crippen LogP contribution in [0.5, 0.6) is 0 Å². The third kappa shape index (κ3) is 2.88. The number of oxazole rings is 1. The molecule has 0 fully saturated rings. The Morgan fingerprint density at radius 1 is 1.31 bits per heavy atom. The van der Waals surface area contributed by atoms with Gasteiger partial charge in [-0.3, -0.25) is 4.79 Å². The van der Waals surface area contributed by atoms with Crippen LogP contribution in [0.4, 0.5) is 0 Å². The lowest BCUT2D eigenvalue weighted by Gasteiger charge is -2.05. The Bertz CT molecular complexity index is 1060. The van der Waals surface area contributed by atoms with E-state index in [0.29, 0.717) is 12.3 Å². The van der Waals surface area contributed by atoms with Crippen molar-refractivity contribution < 1.29 is 9.21 Å². The predicted molar refractivity (Wildman–Crippen MR) is 98.1 cm³/mol. The Balaban J connectivity index is 1.56. The van der Waals surface area contributed by atoms with Gasteiger partial charge >= 0.3 is 0 Å². The standard InChI is InChI=1S/C18H17N5O2S/c1-3-14-22-23-13(11(2)21-18(23)26-14)9-19-17(24)15-16(25-10-20-15)12-7-5-4-6-8-12/h4-8,10H,3,9H2,1-2H3,(H,19,24). The van der Waals surface area contributed by atoms with Crippen LogP contribution in [0.1, 0.15) is 33.8 Å². The smallest absolute Gasteiger partial charge is 0.274 e. The van der Waals surface area contributed by atoms with Crippen LogP contribution in [0.25, 0.3) is 16.3 Å². The number of aromatic nitrogens is 4. The number of hydrogen-bond donors (Lipinski definition) is 1. The summed E-state index contributed by atoms with van der Waals surface area (Å²) in [5, 5.41) is 8.46. The van der Waals surface area contributed by atoms with E-state index in [0.717, 1.165) is 33.3 Å².